The number of pyridine rings is 1. The third kappa shape index (κ3) is 4.87. The van der Waals surface area contributed by atoms with Crippen LogP contribution in [-0.2, 0) is 11.3 Å². The lowest BCUT2D eigenvalue weighted by molar-refractivity contribution is -0.141. The minimum atomic E-state index is -1.05. The van der Waals surface area contributed by atoms with Crippen LogP contribution in [0.25, 0.3) is 0 Å². The van der Waals surface area contributed by atoms with Gasteiger partial charge in [0.2, 0.25) is 0 Å². The Kier molecular flexibility index (Phi) is 5.07. The van der Waals surface area contributed by atoms with Gasteiger partial charge in [-0.15, -0.1) is 0 Å². The summed E-state index contributed by atoms with van der Waals surface area (Å²) in [6.45, 7) is 7.46. The number of aromatic nitrogens is 1. The van der Waals surface area contributed by atoms with Crippen molar-refractivity contribution in [3.63, 3.8) is 0 Å². The number of urea groups is 1. The summed E-state index contributed by atoms with van der Waals surface area (Å²) in [5.41, 5.74) is 1.19. The first kappa shape index (κ1) is 15.9. The summed E-state index contributed by atoms with van der Waals surface area (Å²) in [6.07, 6.45) is 1.67. The predicted molar refractivity (Wildman–Crippen MR) is 75.2 cm³/mol. The van der Waals surface area contributed by atoms with Gasteiger partial charge in [-0.25, -0.2) is 9.59 Å². The minimum absolute atomic E-state index is 0.301. The van der Waals surface area contributed by atoms with E-state index in [4.69, 9.17) is 5.11 Å². The fourth-order valence-electron chi connectivity index (χ4n) is 1.62. The molecule has 3 N–H and O–H groups in total. The van der Waals surface area contributed by atoms with E-state index in [2.05, 4.69) is 15.6 Å². The van der Waals surface area contributed by atoms with Gasteiger partial charge < -0.3 is 15.7 Å². The maximum Gasteiger partial charge on any atom is 0.326 e. The van der Waals surface area contributed by atoms with Crippen molar-refractivity contribution in [2.75, 3.05) is 0 Å². The largest absolute Gasteiger partial charge is 0.480 e. The number of carbonyl (C=O) groups is 2. The molecule has 0 spiro atoms. The first-order chi connectivity index (χ1) is 9.20. The van der Waals surface area contributed by atoms with Crippen molar-refractivity contribution in [3.05, 3.63) is 29.6 Å². The van der Waals surface area contributed by atoms with E-state index in [0.717, 1.165) is 11.3 Å². The highest BCUT2D eigenvalue weighted by Crippen LogP contribution is 2.19. The maximum absolute atomic E-state index is 11.7. The first-order valence-electron chi connectivity index (χ1n) is 6.39. The third-order valence-corrected chi connectivity index (χ3v) is 2.81. The van der Waals surface area contributed by atoms with Gasteiger partial charge in [-0.2, -0.15) is 0 Å². The Labute approximate surface area is 118 Å². The number of nitrogens with one attached hydrogen (secondary N) is 2. The van der Waals surface area contributed by atoms with Gasteiger partial charge in [-0.05, 0) is 24.0 Å². The Morgan fingerprint density at radius 2 is 2.00 bits per heavy atom. The molecule has 1 rings (SSSR count). The Morgan fingerprint density at radius 3 is 2.45 bits per heavy atom. The van der Waals surface area contributed by atoms with E-state index >= 15 is 0 Å². The fraction of sp³-hybridized carbons (Fsp3) is 0.500. The molecule has 6 nitrogen and oxygen atoms in total. The monoisotopic (exact) mass is 279 g/mol. The number of nitrogens with zero attached hydrogens (tertiary/aromatic N) is 1. The van der Waals surface area contributed by atoms with Crippen LogP contribution in [0.3, 0.4) is 0 Å². The van der Waals surface area contributed by atoms with Crippen molar-refractivity contribution in [2.24, 2.45) is 5.41 Å². The molecule has 20 heavy (non-hydrogen) atoms. The Balaban J connectivity index is 2.54. The normalized spacial score (nSPS) is 12.6. The van der Waals surface area contributed by atoms with Crippen LogP contribution >= 0.6 is 0 Å². The molecule has 0 saturated carbocycles. The molecule has 0 bridgehead atoms. The number of carbonyl (C=O) groups excluding carboxylic acids is 1. The quantitative estimate of drug-likeness (QED) is 0.782. The Morgan fingerprint density at radius 1 is 1.35 bits per heavy atom. The van der Waals surface area contributed by atoms with Crippen LogP contribution in [0.2, 0.25) is 0 Å². The summed E-state index contributed by atoms with van der Waals surface area (Å²) in [7, 11) is 0. The highest BCUT2D eigenvalue weighted by atomic mass is 16.4. The van der Waals surface area contributed by atoms with E-state index in [1.165, 1.54) is 0 Å². The molecule has 0 fully saturated rings. The van der Waals surface area contributed by atoms with Crippen LogP contribution in [0.4, 0.5) is 4.79 Å². The molecule has 0 aliphatic rings. The van der Waals surface area contributed by atoms with Crippen molar-refractivity contribution in [3.8, 4) is 0 Å². The third-order valence-electron chi connectivity index (χ3n) is 2.81. The van der Waals surface area contributed by atoms with Crippen molar-refractivity contribution in [1.82, 2.24) is 15.6 Å². The molecule has 1 heterocycles. The molecule has 110 valence electrons. The number of amides is 2. The van der Waals surface area contributed by atoms with Gasteiger partial charge in [0, 0.05) is 18.4 Å². The van der Waals surface area contributed by atoms with E-state index in [1.807, 2.05) is 19.1 Å². The smallest absolute Gasteiger partial charge is 0.326 e. The Bertz CT molecular complexity index is 477. The highest BCUT2D eigenvalue weighted by molar-refractivity contribution is 5.83. The molecule has 1 aromatic rings. The maximum atomic E-state index is 11.7. The number of carboxylic acid groups (broad SMARTS) is 1. The number of rotatable bonds is 4. The summed E-state index contributed by atoms with van der Waals surface area (Å²) >= 11 is 0. The number of aliphatic carboxylic acids is 1. The summed E-state index contributed by atoms with van der Waals surface area (Å²) in [5.74, 6) is -1.05. The fourth-order valence-corrected chi connectivity index (χ4v) is 1.62. The van der Waals surface area contributed by atoms with Crippen LogP contribution in [0.1, 0.15) is 32.0 Å². The second-order valence-electron chi connectivity index (χ2n) is 5.77. The molecular formula is C14H21N3O3. The molecule has 1 aromatic heterocycles. The molecule has 0 aromatic carbocycles. The van der Waals surface area contributed by atoms with Crippen LogP contribution in [0.15, 0.2) is 18.3 Å². The van der Waals surface area contributed by atoms with Crippen molar-refractivity contribution in [1.29, 1.82) is 0 Å². The minimum Gasteiger partial charge on any atom is -0.480 e. The first-order valence-corrected chi connectivity index (χ1v) is 6.39. The lowest BCUT2D eigenvalue weighted by Crippen LogP contribution is -2.52. The van der Waals surface area contributed by atoms with Crippen LogP contribution in [0, 0.1) is 12.3 Å². The second kappa shape index (κ2) is 6.36. The standard InChI is InChI=1S/C14H21N3O3/c1-9-5-6-10(7-15-9)8-16-13(20)17-11(12(18)19)14(2,3)4/h5-7,11H,8H2,1-4H3,(H,18,19)(H2,16,17,20)/t11-/m0/s1. The van der Waals surface area contributed by atoms with E-state index < -0.39 is 23.5 Å². The van der Waals surface area contributed by atoms with E-state index in [-0.39, 0.29) is 0 Å². The topological polar surface area (TPSA) is 91.3 Å². The number of aryl methyl sites for hydroxylation is 1. The average molecular weight is 279 g/mol. The molecule has 2 amide bonds. The summed E-state index contributed by atoms with van der Waals surface area (Å²) in [5, 5.41) is 14.2. The van der Waals surface area contributed by atoms with Gasteiger partial charge in [0.15, 0.2) is 0 Å². The van der Waals surface area contributed by atoms with Crippen LogP contribution in [-0.4, -0.2) is 28.1 Å². The molecule has 0 aliphatic carbocycles. The van der Waals surface area contributed by atoms with E-state index in [0.29, 0.717) is 6.54 Å². The molecule has 0 unspecified atom stereocenters. The molecule has 6 heteroatoms. The lowest BCUT2D eigenvalue weighted by Gasteiger charge is -2.27. The molecule has 1 atom stereocenters. The van der Waals surface area contributed by atoms with E-state index in [1.54, 1.807) is 27.0 Å². The SMILES string of the molecule is Cc1ccc(CNC(=O)N[C@@H](C(=O)O)C(C)(C)C)cn1. The predicted octanol–water partition coefficient (Wildman–Crippen LogP) is 1.69. The average Bonchev–Trinajstić information content (AvgIpc) is 2.33. The van der Waals surface area contributed by atoms with Gasteiger partial charge in [0.1, 0.15) is 6.04 Å². The molecule has 0 aliphatic heterocycles. The van der Waals surface area contributed by atoms with Crippen LogP contribution < -0.4 is 10.6 Å². The zero-order valence-electron chi connectivity index (χ0n) is 12.2. The number of hydrogen-bond donors (Lipinski definition) is 3. The highest BCUT2D eigenvalue weighted by Gasteiger charge is 2.32. The molecule has 0 radical (unpaired) electrons. The van der Waals surface area contributed by atoms with Crippen LogP contribution in [0.5, 0.6) is 0 Å². The zero-order valence-corrected chi connectivity index (χ0v) is 12.2. The van der Waals surface area contributed by atoms with Crippen molar-refractivity contribution in [2.45, 2.75) is 40.3 Å². The summed E-state index contributed by atoms with van der Waals surface area (Å²) in [4.78, 5) is 27.0. The Hall–Kier alpha value is -2.11. The van der Waals surface area contributed by atoms with Gasteiger partial charge in [-0.3, -0.25) is 4.98 Å². The van der Waals surface area contributed by atoms with Gasteiger partial charge in [-0.1, -0.05) is 26.8 Å². The van der Waals surface area contributed by atoms with E-state index in [9.17, 15) is 9.59 Å². The van der Waals surface area contributed by atoms with Gasteiger partial charge in [0.05, 0.1) is 0 Å². The lowest BCUT2D eigenvalue weighted by atomic mass is 9.87. The summed E-state index contributed by atoms with van der Waals surface area (Å²) < 4.78 is 0. The van der Waals surface area contributed by atoms with Gasteiger partial charge >= 0.3 is 12.0 Å². The molecule has 0 saturated heterocycles. The second-order valence-corrected chi connectivity index (χ2v) is 5.77. The number of hydrogen-bond acceptors (Lipinski definition) is 3. The zero-order chi connectivity index (χ0) is 15.3. The number of carboxylic acids is 1. The van der Waals surface area contributed by atoms with Crippen molar-refractivity contribution >= 4 is 12.0 Å². The van der Waals surface area contributed by atoms with Crippen molar-refractivity contribution < 1.29 is 14.7 Å². The summed E-state index contributed by atoms with van der Waals surface area (Å²) in [6, 6.07) is 2.26. The molecular weight excluding hydrogens is 258 g/mol. The van der Waals surface area contributed by atoms with Gasteiger partial charge in [0.25, 0.3) is 0 Å².